The van der Waals surface area contributed by atoms with Gasteiger partial charge in [-0.15, -0.1) is 0 Å². The van der Waals surface area contributed by atoms with Crippen LogP contribution in [0.25, 0.3) is 0 Å². The molecule has 0 bridgehead atoms. The fraction of sp³-hybridized carbons (Fsp3) is 0.565. The van der Waals surface area contributed by atoms with E-state index in [1.807, 2.05) is 30.3 Å². The van der Waals surface area contributed by atoms with Crippen molar-refractivity contribution in [3.05, 3.63) is 30.3 Å². The smallest absolute Gasteiger partial charge is 0.308 e. The summed E-state index contributed by atoms with van der Waals surface area (Å²) < 4.78 is 5.12. The molecule has 0 radical (unpaired) electrons. The lowest BCUT2D eigenvalue weighted by atomic mass is 9.81. The Kier molecular flexibility index (Phi) is 6.53. The first-order valence-electron chi connectivity index (χ1n) is 11.1. The highest BCUT2D eigenvalue weighted by atomic mass is 16.5. The summed E-state index contributed by atoms with van der Waals surface area (Å²) in [4.78, 5) is 54.5. The minimum atomic E-state index is -0.563. The van der Waals surface area contributed by atoms with Crippen molar-refractivity contribution in [3.8, 4) is 0 Å². The number of carbonyl (C=O) groups is 4. The van der Waals surface area contributed by atoms with Crippen molar-refractivity contribution < 1.29 is 23.9 Å². The van der Waals surface area contributed by atoms with Crippen molar-refractivity contribution in [1.82, 2.24) is 9.80 Å². The van der Waals surface area contributed by atoms with Gasteiger partial charge in [0.25, 0.3) is 5.91 Å². The summed E-state index contributed by atoms with van der Waals surface area (Å²) in [5.41, 5.74) is 1.13. The number of benzene rings is 1. The topological polar surface area (TPSA) is 87.2 Å². The van der Waals surface area contributed by atoms with E-state index in [4.69, 9.17) is 4.74 Å². The summed E-state index contributed by atoms with van der Waals surface area (Å²) in [6, 6.07) is 10.0. The monoisotopic (exact) mass is 427 g/mol. The highest BCUT2D eigenvalue weighted by molar-refractivity contribution is 6.05. The molecule has 3 fully saturated rings. The van der Waals surface area contributed by atoms with Crippen molar-refractivity contribution in [2.45, 2.75) is 32.1 Å². The number of piperazine rings is 1. The summed E-state index contributed by atoms with van der Waals surface area (Å²) in [5.74, 6) is -1.53. The summed E-state index contributed by atoms with van der Waals surface area (Å²) in [7, 11) is 0. The third-order valence-corrected chi connectivity index (χ3v) is 6.58. The Balaban J connectivity index is 1.18. The molecular formula is C23H29N3O5. The van der Waals surface area contributed by atoms with Crippen LogP contribution in [0, 0.1) is 11.8 Å². The number of ether oxygens (including phenoxy) is 1. The Morgan fingerprint density at radius 1 is 0.903 bits per heavy atom. The first-order valence-corrected chi connectivity index (χ1v) is 11.1. The molecule has 2 saturated heterocycles. The zero-order valence-corrected chi connectivity index (χ0v) is 17.7. The summed E-state index contributed by atoms with van der Waals surface area (Å²) in [5, 5.41) is 0. The van der Waals surface area contributed by atoms with Crippen LogP contribution in [0.5, 0.6) is 0 Å². The standard InChI is InChI=1S/C23H29N3O5/c27-20(25-14-12-24(13-15-25)17-6-2-1-3-7-17)16-31-21(28)10-11-26-22(29)18-8-4-5-9-19(18)23(26)30/h1-3,6-7,18-19H,4-5,8-16H2/t18-,19+. The van der Waals surface area contributed by atoms with Gasteiger partial charge >= 0.3 is 5.97 Å². The third-order valence-electron chi connectivity index (χ3n) is 6.58. The maximum Gasteiger partial charge on any atom is 0.308 e. The molecule has 0 unspecified atom stereocenters. The number of nitrogens with zero attached hydrogens (tertiary/aromatic N) is 3. The van der Waals surface area contributed by atoms with Gasteiger partial charge in [-0.05, 0) is 25.0 Å². The number of imide groups is 1. The molecule has 166 valence electrons. The van der Waals surface area contributed by atoms with Gasteiger partial charge in [0.1, 0.15) is 0 Å². The fourth-order valence-electron chi connectivity index (χ4n) is 4.81. The fourth-order valence-corrected chi connectivity index (χ4v) is 4.81. The summed E-state index contributed by atoms with van der Waals surface area (Å²) in [6.07, 6.45) is 3.37. The van der Waals surface area contributed by atoms with Crippen LogP contribution in [0.2, 0.25) is 0 Å². The molecule has 31 heavy (non-hydrogen) atoms. The molecule has 0 aromatic heterocycles. The van der Waals surface area contributed by atoms with E-state index >= 15 is 0 Å². The average molecular weight is 428 g/mol. The number of carbonyl (C=O) groups excluding carboxylic acids is 4. The number of para-hydroxylation sites is 1. The van der Waals surface area contributed by atoms with Crippen LogP contribution in [0.15, 0.2) is 30.3 Å². The molecule has 2 aliphatic heterocycles. The summed E-state index contributed by atoms with van der Waals surface area (Å²) in [6.45, 7) is 2.33. The highest BCUT2D eigenvalue weighted by Crippen LogP contribution is 2.37. The Morgan fingerprint density at radius 3 is 2.13 bits per heavy atom. The van der Waals surface area contributed by atoms with E-state index in [0.717, 1.165) is 44.5 Å². The van der Waals surface area contributed by atoms with Crippen molar-refractivity contribution >= 4 is 29.4 Å². The molecule has 8 heteroatoms. The number of amides is 3. The Bertz CT molecular complexity index is 811. The molecular weight excluding hydrogens is 398 g/mol. The van der Waals surface area contributed by atoms with Gasteiger partial charge in [0, 0.05) is 38.4 Å². The number of likely N-dealkylation sites (tertiary alicyclic amines) is 1. The number of fused-ring (bicyclic) bond motifs is 1. The molecule has 0 N–H and O–H groups in total. The van der Waals surface area contributed by atoms with Gasteiger partial charge in [0.2, 0.25) is 11.8 Å². The number of hydrogen-bond donors (Lipinski definition) is 0. The maximum atomic E-state index is 12.5. The quantitative estimate of drug-likeness (QED) is 0.504. The minimum Gasteiger partial charge on any atom is -0.456 e. The second kappa shape index (κ2) is 9.49. The molecule has 1 aromatic rings. The predicted molar refractivity (Wildman–Crippen MR) is 113 cm³/mol. The Hall–Kier alpha value is -2.90. The Morgan fingerprint density at radius 2 is 1.52 bits per heavy atom. The van der Waals surface area contributed by atoms with Crippen molar-refractivity contribution in [2.24, 2.45) is 11.8 Å². The van der Waals surface area contributed by atoms with Gasteiger partial charge in [-0.2, -0.15) is 0 Å². The van der Waals surface area contributed by atoms with E-state index in [9.17, 15) is 19.2 Å². The van der Waals surface area contributed by atoms with Crippen LogP contribution in [0.1, 0.15) is 32.1 Å². The molecule has 4 rings (SSSR count). The van der Waals surface area contributed by atoms with Crippen LogP contribution < -0.4 is 4.90 Å². The first kappa shape index (κ1) is 21.3. The number of esters is 1. The van der Waals surface area contributed by atoms with Crippen molar-refractivity contribution in [1.29, 1.82) is 0 Å². The van der Waals surface area contributed by atoms with Crippen LogP contribution >= 0.6 is 0 Å². The number of anilines is 1. The third kappa shape index (κ3) is 4.73. The molecule has 1 aromatic carbocycles. The average Bonchev–Trinajstić information content (AvgIpc) is 3.06. The second-order valence-corrected chi connectivity index (χ2v) is 8.44. The zero-order chi connectivity index (χ0) is 21.8. The van der Waals surface area contributed by atoms with E-state index < -0.39 is 5.97 Å². The first-order chi connectivity index (χ1) is 15.0. The second-order valence-electron chi connectivity index (χ2n) is 8.44. The van der Waals surface area contributed by atoms with Gasteiger partial charge in [-0.1, -0.05) is 31.0 Å². The van der Waals surface area contributed by atoms with Crippen LogP contribution in [-0.2, 0) is 23.9 Å². The van der Waals surface area contributed by atoms with Crippen molar-refractivity contribution in [3.63, 3.8) is 0 Å². The van der Waals surface area contributed by atoms with E-state index in [1.54, 1.807) is 4.90 Å². The lowest BCUT2D eigenvalue weighted by molar-refractivity contribution is -0.153. The molecule has 0 spiro atoms. The van der Waals surface area contributed by atoms with E-state index in [2.05, 4.69) is 4.90 Å². The van der Waals surface area contributed by atoms with Gasteiger partial charge in [0.05, 0.1) is 18.3 Å². The van der Waals surface area contributed by atoms with Gasteiger partial charge in [-0.25, -0.2) is 0 Å². The molecule has 2 atom stereocenters. The van der Waals surface area contributed by atoms with Gasteiger partial charge in [0.15, 0.2) is 6.61 Å². The normalized spacial score (nSPS) is 23.7. The molecule has 8 nitrogen and oxygen atoms in total. The Labute approximate surface area is 182 Å². The van der Waals surface area contributed by atoms with E-state index in [1.165, 1.54) is 4.90 Å². The largest absolute Gasteiger partial charge is 0.456 e. The lowest BCUT2D eigenvalue weighted by Crippen LogP contribution is -2.50. The SMILES string of the molecule is O=C(CCN1C(=O)[C@H]2CCCC[C@H]2C1=O)OCC(=O)N1CCN(c2ccccc2)CC1. The lowest BCUT2D eigenvalue weighted by Gasteiger charge is -2.36. The van der Waals surface area contributed by atoms with Gasteiger partial charge < -0.3 is 14.5 Å². The van der Waals surface area contributed by atoms with Crippen LogP contribution in [-0.4, -0.2) is 72.8 Å². The number of rotatable bonds is 6. The van der Waals surface area contributed by atoms with Crippen LogP contribution in [0.3, 0.4) is 0 Å². The highest BCUT2D eigenvalue weighted by Gasteiger charge is 2.47. The maximum absolute atomic E-state index is 12.5. The molecule has 3 amide bonds. The molecule has 3 aliphatic rings. The predicted octanol–water partition coefficient (Wildman–Crippen LogP) is 1.44. The summed E-state index contributed by atoms with van der Waals surface area (Å²) >= 11 is 0. The zero-order valence-electron chi connectivity index (χ0n) is 17.7. The van der Waals surface area contributed by atoms with Crippen LogP contribution in [0.4, 0.5) is 5.69 Å². The molecule has 1 saturated carbocycles. The van der Waals surface area contributed by atoms with E-state index in [0.29, 0.717) is 13.1 Å². The van der Waals surface area contributed by atoms with Crippen molar-refractivity contribution in [2.75, 3.05) is 44.2 Å². The minimum absolute atomic E-state index is 0.0352. The van der Waals surface area contributed by atoms with Gasteiger partial charge in [-0.3, -0.25) is 24.1 Å². The molecule has 2 heterocycles. The van der Waals surface area contributed by atoms with E-state index in [-0.39, 0.29) is 49.1 Å². The molecule has 1 aliphatic carbocycles. The number of hydrogen-bond acceptors (Lipinski definition) is 6.